The van der Waals surface area contributed by atoms with Gasteiger partial charge < -0.3 is 14.4 Å². The first-order valence-electron chi connectivity index (χ1n) is 8.79. The normalized spacial score (nSPS) is 11.4. The van der Waals surface area contributed by atoms with E-state index in [1.807, 2.05) is 6.07 Å². The molecule has 0 atom stereocenters. The number of methoxy groups -OCH3 is 2. The third-order valence-corrected chi connectivity index (χ3v) is 5.94. The van der Waals surface area contributed by atoms with Gasteiger partial charge in [-0.15, -0.1) is 0 Å². The van der Waals surface area contributed by atoms with Crippen molar-refractivity contribution in [2.24, 2.45) is 0 Å². The highest BCUT2D eigenvalue weighted by atomic mass is 35.5. The Morgan fingerprint density at radius 2 is 1.69 bits per heavy atom. The van der Waals surface area contributed by atoms with Crippen molar-refractivity contribution in [2.45, 2.75) is 13.1 Å². The summed E-state index contributed by atoms with van der Waals surface area (Å²) in [5, 5.41) is 0.451. The van der Waals surface area contributed by atoms with Gasteiger partial charge in [0.25, 0.3) is 0 Å². The predicted octanol–water partition coefficient (Wildman–Crippen LogP) is 2.78. The summed E-state index contributed by atoms with van der Waals surface area (Å²) < 4.78 is 36.0. The minimum atomic E-state index is -3.61. The molecule has 2 rings (SSSR count). The average Bonchev–Trinajstić information content (AvgIpc) is 2.68. The number of hydrogen-bond acceptors (Lipinski definition) is 5. The molecular weight excluding hydrogens is 416 g/mol. The molecule has 2 aromatic rings. The first-order chi connectivity index (χ1) is 13.7. The molecule has 0 saturated heterocycles. The lowest BCUT2D eigenvalue weighted by Gasteiger charge is -2.24. The number of ether oxygens (including phenoxy) is 2. The van der Waals surface area contributed by atoms with E-state index in [-0.39, 0.29) is 19.0 Å². The van der Waals surface area contributed by atoms with Crippen LogP contribution >= 0.6 is 11.6 Å². The minimum absolute atomic E-state index is 0.0223. The van der Waals surface area contributed by atoms with Gasteiger partial charge in [-0.25, -0.2) is 8.42 Å². The van der Waals surface area contributed by atoms with Crippen molar-refractivity contribution in [3.8, 4) is 11.5 Å². The van der Waals surface area contributed by atoms with Crippen molar-refractivity contribution >= 4 is 27.5 Å². The number of carbonyl (C=O) groups excluding carboxylic acids is 1. The summed E-state index contributed by atoms with van der Waals surface area (Å²) in [6.07, 6.45) is 1.07. The highest BCUT2D eigenvalue weighted by Crippen LogP contribution is 2.28. The molecule has 29 heavy (non-hydrogen) atoms. The largest absolute Gasteiger partial charge is 0.493 e. The van der Waals surface area contributed by atoms with Crippen molar-refractivity contribution < 1.29 is 22.7 Å². The van der Waals surface area contributed by atoms with E-state index in [9.17, 15) is 13.2 Å². The van der Waals surface area contributed by atoms with Gasteiger partial charge in [0.2, 0.25) is 15.9 Å². The molecule has 7 nitrogen and oxygen atoms in total. The van der Waals surface area contributed by atoms with E-state index in [1.54, 1.807) is 50.6 Å². The van der Waals surface area contributed by atoms with Crippen molar-refractivity contribution in [3.05, 3.63) is 58.6 Å². The number of nitrogens with zero attached hydrogens (tertiary/aromatic N) is 2. The number of hydrogen-bond donors (Lipinski definition) is 0. The fourth-order valence-corrected chi connectivity index (χ4v) is 3.63. The smallest absolute Gasteiger partial charge is 0.237 e. The molecule has 9 heteroatoms. The Morgan fingerprint density at radius 3 is 2.28 bits per heavy atom. The lowest BCUT2D eigenvalue weighted by atomic mass is 10.2. The molecule has 0 radical (unpaired) electrons. The van der Waals surface area contributed by atoms with Crippen LogP contribution in [-0.2, 0) is 27.9 Å². The van der Waals surface area contributed by atoms with Gasteiger partial charge in [-0.05, 0) is 29.3 Å². The lowest BCUT2D eigenvalue weighted by molar-refractivity contribution is -0.130. The van der Waals surface area contributed by atoms with Gasteiger partial charge >= 0.3 is 0 Å². The first kappa shape index (κ1) is 23.0. The predicted molar refractivity (Wildman–Crippen MR) is 113 cm³/mol. The molecule has 0 aliphatic rings. The molecule has 0 aliphatic heterocycles. The SMILES string of the molecule is COc1ccc(CN(C)C(=O)CN(Cc2ccccc2Cl)S(C)(=O)=O)cc1OC. The Morgan fingerprint density at radius 1 is 1.03 bits per heavy atom. The highest BCUT2D eigenvalue weighted by molar-refractivity contribution is 7.88. The van der Waals surface area contributed by atoms with Crippen LogP contribution in [0.4, 0.5) is 0 Å². The summed E-state index contributed by atoms with van der Waals surface area (Å²) in [6.45, 7) is 0.0329. The molecule has 0 fully saturated rings. The van der Waals surface area contributed by atoms with E-state index in [0.717, 1.165) is 16.1 Å². The maximum Gasteiger partial charge on any atom is 0.237 e. The lowest BCUT2D eigenvalue weighted by Crippen LogP contribution is -2.40. The Balaban J connectivity index is 2.11. The average molecular weight is 441 g/mol. The molecule has 0 aliphatic carbocycles. The molecular formula is C20H25ClN2O5S. The van der Waals surface area contributed by atoms with Gasteiger partial charge in [0, 0.05) is 25.2 Å². The van der Waals surface area contributed by atoms with E-state index >= 15 is 0 Å². The molecule has 0 N–H and O–H groups in total. The van der Waals surface area contributed by atoms with Gasteiger partial charge in [0.05, 0.1) is 27.0 Å². The van der Waals surface area contributed by atoms with Crippen LogP contribution in [0.15, 0.2) is 42.5 Å². The van der Waals surface area contributed by atoms with Crippen LogP contribution in [0.5, 0.6) is 11.5 Å². The molecule has 2 aromatic carbocycles. The van der Waals surface area contributed by atoms with Crippen LogP contribution in [0.25, 0.3) is 0 Å². The monoisotopic (exact) mass is 440 g/mol. The van der Waals surface area contributed by atoms with Crippen LogP contribution in [0.3, 0.4) is 0 Å². The molecule has 158 valence electrons. The van der Waals surface area contributed by atoms with Crippen LogP contribution in [0.1, 0.15) is 11.1 Å². The molecule has 0 spiro atoms. The Labute approximate surface area is 176 Å². The van der Waals surface area contributed by atoms with E-state index in [2.05, 4.69) is 0 Å². The second-order valence-electron chi connectivity index (χ2n) is 6.56. The second-order valence-corrected chi connectivity index (χ2v) is 8.95. The number of sulfonamides is 1. The quantitative estimate of drug-likeness (QED) is 0.599. The summed E-state index contributed by atoms with van der Waals surface area (Å²) in [5.74, 6) is 0.813. The van der Waals surface area contributed by atoms with Gasteiger partial charge in [0.1, 0.15) is 0 Å². The summed E-state index contributed by atoms with van der Waals surface area (Å²) in [6, 6.07) is 12.3. The third-order valence-electron chi connectivity index (χ3n) is 4.38. The van der Waals surface area contributed by atoms with Crippen molar-refractivity contribution in [2.75, 3.05) is 34.1 Å². The van der Waals surface area contributed by atoms with Crippen molar-refractivity contribution in [1.29, 1.82) is 0 Å². The zero-order valence-corrected chi connectivity index (χ0v) is 18.5. The summed E-state index contributed by atoms with van der Waals surface area (Å²) >= 11 is 6.14. The molecule has 1 amide bonds. The van der Waals surface area contributed by atoms with Crippen molar-refractivity contribution in [1.82, 2.24) is 9.21 Å². The zero-order chi connectivity index (χ0) is 21.6. The Bertz CT molecular complexity index is 965. The van der Waals surface area contributed by atoms with E-state index in [1.165, 1.54) is 12.0 Å². The number of amides is 1. The summed E-state index contributed by atoms with van der Waals surface area (Å²) in [5.41, 5.74) is 1.46. The number of halogens is 1. The van der Waals surface area contributed by atoms with Crippen LogP contribution in [0, 0.1) is 0 Å². The summed E-state index contributed by atoms with van der Waals surface area (Å²) in [7, 11) is 1.09. The van der Waals surface area contributed by atoms with Crippen LogP contribution < -0.4 is 9.47 Å². The maximum atomic E-state index is 12.7. The first-order valence-corrected chi connectivity index (χ1v) is 11.0. The molecule has 0 unspecified atom stereocenters. The Kier molecular flexibility index (Phi) is 7.89. The maximum absolute atomic E-state index is 12.7. The van der Waals surface area contributed by atoms with Crippen LogP contribution in [0.2, 0.25) is 5.02 Å². The second kappa shape index (κ2) is 9.96. The number of carbonyl (C=O) groups is 1. The third kappa shape index (κ3) is 6.35. The fraction of sp³-hybridized carbons (Fsp3) is 0.350. The Hall–Kier alpha value is -2.29. The zero-order valence-electron chi connectivity index (χ0n) is 16.9. The van der Waals surface area contributed by atoms with Crippen LogP contribution in [-0.4, -0.2) is 57.6 Å². The topological polar surface area (TPSA) is 76.2 Å². The fourth-order valence-electron chi connectivity index (χ4n) is 2.72. The highest BCUT2D eigenvalue weighted by Gasteiger charge is 2.23. The summed E-state index contributed by atoms with van der Waals surface area (Å²) in [4.78, 5) is 14.2. The van der Waals surface area contributed by atoms with E-state index < -0.39 is 10.0 Å². The molecule has 0 heterocycles. The number of rotatable bonds is 9. The number of benzene rings is 2. The molecule has 0 aromatic heterocycles. The van der Waals surface area contributed by atoms with Crippen molar-refractivity contribution in [3.63, 3.8) is 0 Å². The van der Waals surface area contributed by atoms with E-state index in [0.29, 0.717) is 28.6 Å². The minimum Gasteiger partial charge on any atom is -0.493 e. The van der Waals surface area contributed by atoms with E-state index in [4.69, 9.17) is 21.1 Å². The van der Waals surface area contributed by atoms with Gasteiger partial charge in [-0.3, -0.25) is 4.79 Å². The van der Waals surface area contributed by atoms with Gasteiger partial charge in [-0.1, -0.05) is 35.9 Å². The van der Waals surface area contributed by atoms with Gasteiger partial charge in [0.15, 0.2) is 11.5 Å². The van der Waals surface area contributed by atoms with Gasteiger partial charge in [-0.2, -0.15) is 4.31 Å². The molecule has 0 saturated carbocycles. The molecule has 0 bridgehead atoms. The standard InChI is InChI=1S/C20H25ClN2O5S/c1-22(12-15-9-10-18(27-2)19(11-15)28-3)20(24)14-23(29(4,25)26)13-16-7-5-6-8-17(16)21/h5-11H,12-14H2,1-4H3. The number of likely N-dealkylation sites (N-methyl/N-ethyl adjacent to an activating group) is 1.